The fraction of sp³-hybridized carbons (Fsp3) is 0.577. The number of hydrogen-bond acceptors (Lipinski definition) is 3. The molecular formula is C26H38N2OS. The normalized spacial score (nSPS) is 16.3. The SMILES string of the molecule is C#CCN(C(=O)c1ccccc1SC)C(C(=C)NC(CC)CCC)C1CCCCC1. The van der Waals surface area contributed by atoms with Gasteiger partial charge >= 0.3 is 0 Å². The third-order valence-corrected chi connectivity index (χ3v) is 6.96. The molecule has 1 N–H and O–H groups in total. The van der Waals surface area contributed by atoms with E-state index in [-0.39, 0.29) is 11.9 Å². The smallest absolute Gasteiger partial charge is 0.256 e. The minimum absolute atomic E-state index is 0.0139. The summed E-state index contributed by atoms with van der Waals surface area (Å²) in [6.07, 6.45) is 17.0. The lowest BCUT2D eigenvalue weighted by Crippen LogP contribution is -2.50. The molecule has 1 aliphatic carbocycles. The molecule has 3 nitrogen and oxygen atoms in total. The summed E-state index contributed by atoms with van der Waals surface area (Å²) in [5.74, 6) is 3.17. The van der Waals surface area contributed by atoms with Crippen molar-refractivity contribution in [3.05, 3.63) is 42.1 Å². The minimum Gasteiger partial charge on any atom is -0.384 e. The molecule has 2 unspecified atom stereocenters. The molecule has 0 saturated heterocycles. The van der Waals surface area contributed by atoms with Gasteiger partial charge in [-0.05, 0) is 50.0 Å². The average Bonchev–Trinajstić information content (AvgIpc) is 2.78. The molecule has 0 aliphatic heterocycles. The van der Waals surface area contributed by atoms with Gasteiger partial charge in [0.05, 0.1) is 18.2 Å². The summed E-state index contributed by atoms with van der Waals surface area (Å²) in [5, 5.41) is 3.68. The van der Waals surface area contributed by atoms with Gasteiger partial charge in [-0.2, -0.15) is 0 Å². The fourth-order valence-electron chi connectivity index (χ4n) is 4.62. The van der Waals surface area contributed by atoms with Crippen LogP contribution in [0.5, 0.6) is 0 Å². The van der Waals surface area contributed by atoms with Gasteiger partial charge in [0.2, 0.25) is 0 Å². The molecule has 0 bridgehead atoms. The Morgan fingerprint density at radius 1 is 1.30 bits per heavy atom. The van der Waals surface area contributed by atoms with Gasteiger partial charge < -0.3 is 10.2 Å². The maximum Gasteiger partial charge on any atom is 0.256 e. The van der Waals surface area contributed by atoms with Gasteiger partial charge in [-0.1, -0.05) is 64.2 Å². The maximum absolute atomic E-state index is 13.7. The van der Waals surface area contributed by atoms with Crippen molar-refractivity contribution >= 4 is 17.7 Å². The van der Waals surface area contributed by atoms with Gasteiger partial charge in [-0.25, -0.2) is 0 Å². The Morgan fingerprint density at radius 2 is 2.00 bits per heavy atom. The molecule has 0 radical (unpaired) electrons. The zero-order valence-electron chi connectivity index (χ0n) is 19.0. The molecule has 0 heterocycles. The minimum atomic E-state index is -0.0744. The first kappa shape index (κ1) is 24.4. The van der Waals surface area contributed by atoms with Crippen molar-refractivity contribution in [2.24, 2.45) is 5.92 Å². The largest absolute Gasteiger partial charge is 0.384 e. The summed E-state index contributed by atoms with van der Waals surface area (Å²) in [4.78, 5) is 16.6. The van der Waals surface area contributed by atoms with Crippen LogP contribution in [0.3, 0.4) is 0 Å². The van der Waals surface area contributed by atoms with Crippen LogP contribution in [0.25, 0.3) is 0 Å². The van der Waals surface area contributed by atoms with Crippen molar-refractivity contribution in [2.45, 2.75) is 82.2 Å². The Bertz CT molecular complexity index is 733. The van der Waals surface area contributed by atoms with E-state index >= 15 is 0 Å². The highest BCUT2D eigenvalue weighted by Gasteiger charge is 2.35. The monoisotopic (exact) mass is 426 g/mol. The number of thioether (sulfide) groups is 1. The molecule has 164 valence electrons. The van der Waals surface area contributed by atoms with E-state index in [1.807, 2.05) is 35.4 Å². The molecule has 2 rings (SSSR count). The third kappa shape index (κ3) is 6.32. The Hall–Kier alpha value is -1.86. The number of hydrogen-bond donors (Lipinski definition) is 1. The molecule has 1 aromatic rings. The van der Waals surface area contributed by atoms with Gasteiger partial charge in [-0.15, -0.1) is 18.2 Å². The maximum atomic E-state index is 13.7. The van der Waals surface area contributed by atoms with Crippen LogP contribution in [0.15, 0.2) is 41.4 Å². The Labute approximate surface area is 188 Å². The topological polar surface area (TPSA) is 32.3 Å². The van der Waals surface area contributed by atoms with Crippen LogP contribution in [0.1, 0.15) is 75.6 Å². The molecular weight excluding hydrogens is 388 g/mol. The van der Waals surface area contributed by atoms with E-state index in [0.717, 1.165) is 48.3 Å². The predicted molar refractivity (Wildman–Crippen MR) is 130 cm³/mol. The van der Waals surface area contributed by atoms with Crippen LogP contribution in [0, 0.1) is 18.3 Å². The second-order valence-electron chi connectivity index (χ2n) is 8.24. The standard InChI is InChI=1S/C26H38N2OS/c1-6-14-22(8-3)27-20(4)25(21-15-10-9-11-16-21)28(19-7-2)26(29)23-17-12-13-18-24(23)30-5/h2,12-13,17-18,21-22,25,27H,4,6,8-11,14-16,19H2,1,3,5H3. The lowest BCUT2D eigenvalue weighted by molar-refractivity contribution is 0.0641. The number of carbonyl (C=O) groups excluding carboxylic acids is 1. The van der Waals surface area contributed by atoms with E-state index in [2.05, 4.69) is 31.7 Å². The highest BCUT2D eigenvalue weighted by atomic mass is 32.2. The van der Waals surface area contributed by atoms with Crippen molar-refractivity contribution in [1.29, 1.82) is 0 Å². The molecule has 0 aromatic heterocycles. The van der Waals surface area contributed by atoms with E-state index in [4.69, 9.17) is 6.42 Å². The van der Waals surface area contributed by atoms with E-state index < -0.39 is 0 Å². The Kier molecular flexibility index (Phi) is 10.4. The zero-order valence-corrected chi connectivity index (χ0v) is 19.8. The number of nitrogens with zero attached hydrogens (tertiary/aromatic N) is 1. The van der Waals surface area contributed by atoms with Crippen LogP contribution in [0.4, 0.5) is 0 Å². The number of rotatable bonds is 11. The van der Waals surface area contributed by atoms with Crippen molar-refractivity contribution in [2.75, 3.05) is 12.8 Å². The molecule has 1 aromatic carbocycles. The van der Waals surface area contributed by atoms with Gasteiger partial charge in [-0.3, -0.25) is 4.79 Å². The summed E-state index contributed by atoms with van der Waals surface area (Å²) in [5.41, 5.74) is 1.68. The molecule has 0 spiro atoms. The number of benzene rings is 1. The first-order valence-electron chi connectivity index (χ1n) is 11.4. The molecule has 1 amide bonds. The second kappa shape index (κ2) is 12.7. The van der Waals surface area contributed by atoms with Crippen molar-refractivity contribution in [1.82, 2.24) is 10.2 Å². The van der Waals surface area contributed by atoms with Crippen molar-refractivity contribution in [3.63, 3.8) is 0 Å². The highest BCUT2D eigenvalue weighted by molar-refractivity contribution is 7.98. The van der Waals surface area contributed by atoms with Crippen LogP contribution in [0.2, 0.25) is 0 Å². The molecule has 1 saturated carbocycles. The van der Waals surface area contributed by atoms with Crippen molar-refractivity contribution < 1.29 is 4.79 Å². The van der Waals surface area contributed by atoms with E-state index in [9.17, 15) is 4.79 Å². The van der Waals surface area contributed by atoms with E-state index in [1.54, 1.807) is 11.8 Å². The highest BCUT2D eigenvalue weighted by Crippen LogP contribution is 2.33. The second-order valence-corrected chi connectivity index (χ2v) is 9.09. The van der Waals surface area contributed by atoms with E-state index in [0.29, 0.717) is 18.5 Å². The Balaban J connectivity index is 2.39. The fourth-order valence-corrected chi connectivity index (χ4v) is 5.21. The van der Waals surface area contributed by atoms with Gasteiger partial charge in [0.1, 0.15) is 0 Å². The molecule has 2 atom stereocenters. The summed E-state index contributed by atoms with van der Waals surface area (Å²) in [6.45, 7) is 9.15. The summed E-state index contributed by atoms with van der Waals surface area (Å²) in [6, 6.07) is 8.13. The third-order valence-electron chi connectivity index (χ3n) is 6.17. The first-order valence-corrected chi connectivity index (χ1v) is 12.6. The van der Waals surface area contributed by atoms with Crippen molar-refractivity contribution in [3.8, 4) is 12.3 Å². The van der Waals surface area contributed by atoms with Gasteiger partial charge in [0.15, 0.2) is 0 Å². The predicted octanol–water partition coefficient (Wildman–Crippen LogP) is 6.11. The average molecular weight is 427 g/mol. The molecule has 4 heteroatoms. The van der Waals surface area contributed by atoms with Crippen LogP contribution >= 0.6 is 11.8 Å². The summed E-state index contributed by atoms with van der Waals surface area (Å²) in [7, 11) is 0. The number of nitrogens with one attached hydrogen (secondary N) is 1. The lowest BCUT2D eigenvalue weighted by Gasteiger charge is -2.40. The Morgan fingerprint density at radius 3 is 2.60 bits per heavy atom. The summed E-state index contributed by atoms with van der Waals surface area (Å²) >= 11 is 1.60. The van der Waals surface area contributed by atoms with Crippen LogP contribution in [-0.4, -0.2) is 35.7 Å². The van der Waals surface area contributed by atoms with Crippen LogP contribution < -0.4 is 5.32 Å². The van der Waals surface area contributed by atoms with Gasteiger partial charge in [0.25, 0.3) is 5.91 Å². The number of amides is 1. The quantitative estimate of drug-likeness (QED) is 0.342. The molecule has 30 heavy (non-hydrogen) atoms. The molecule has 1 fully saturated rings. The number of terminal acetylenes is 1. The van der Waals surface area contributed by atoms with E-state index in [1.165, 1.54) is 19.3 Å². The first-order chi connectivity index (χ1) is 14.6. The van der Waals surface area contributed by atoms with Crippen LogP contribution in [-0.2, 0) is 0 Å². The molecule has 1 aliphatic rings. The summed E-state index contributed by atoms with van der Waals surface area (Å²) < 4.78 is 0. The van der Waals surface area contributed by atoms with Gasteiger partial charge in [0, 0.05) is 16.6 Å². The number of carbonyl (C=O) groups is 1. The lowest BCUT2D eigenvalue weighted by atomic mass is 9.81. The zero-order chi connectivity index (χ0) is 21.9.